The lowest BCUT2D eigenvalue weighted by atomic mass is 10.3. The average molecular weight is 242 g/mol. The van der Waals surface area contributed by atoms with Gasteiger partial charge < -0.3 is 10.8 Å². The molecule has 7 heteroatoms. The highest BCUT2D eigenvalue weighted by molar-refractivity contribution is 7.91. The Morgan fingerprint density at radius 3 is 2.81 bits per heavy atom. The van der Waals surface area contributed by atoms with Gasteiger partial charge in [0.1, 0.15) is 0 Å². The topological polar surface area (TPSA) is 110 Å². The Morgan fingerprint density at radius 2 is 2.25 bits per heavy atom. The van der Waals surface area contributed by atoms with Crippen LogP contribution in [0.15, 0.2) is 35.6 Å². The van der Waals surface area contributed by atoms with E-state index >= 15 is 0 Å². The molecule has 6 nitrogen and oxygen atoms in total. The molecule has 0 saturated heterocycles. The molecule has 0 amide bonds. The third kappa shape index (κ3) is 2.57. The Balaban J connectivity index is 3.27. The SMILES string of the molecule is NC=CCS(=O)(=O)c1ncccc1C(=O)O. The van der Waals surface area contributed by atoms with Crippen LogP contribution in [-0.2, 0) is 9.84 Å². The molecule has 0 aliphatic rings. The van der Waals surface area contributed by atoms with E-state index in [-0.39, 0.29) is 11.3 Å². The number of aromatic carboxylic acids is 1. The van der Waals surface area contributed by atoms with Crippen molar-refractivity contribution >= 4 is 15.8 Å². The molecule has 0 bridgehead atoms. The number of carbonyl (C=O) groups is 1. The molecule has 1 aromatic heterocycles. The minimum Gasteiger partial charge on any atom is -0.478 e. The van der Waals surface area contributed by atoms with Crippen LogP contribution >= 0.6 is 0 Å². The molecule has 86 valence electrons. The first kappa shape index (κ1) is 12.2. The highest BCUT2D eigenvalue weighted by Crippen LogP contribution is 2.14. The lowest BCUT2D eigenvalue weighted by Gasteiger charge is -2.03. The zero-order valence-electron chi connectivity index (χ0n) is 8.20. The van der Waals surface area contributed by atoms with Crippen LogP contribution in [0.2, 0.25) is 0 Å². The fourth-order valence-corrected chi connectivity index (χ4v) is 2.30. The predicted octanol–water partition coefficient (Wildman–Crippen LogP) is 0.0259. The summed E-state index contributed by atoms with van der Waals surface area (Å²) in [5, 5.41) is 8.36. The maximum Gasteiger partial charge on any atom is 0.338 e. The minimum atomic E-state index is -3.76. The smallest absolute Gasteiger partial charge is 0.338 e. The van der Waals surface area contributed by atoms with Crippen LogP contribution in [0.25, 0.3) is 0 Å². The van der Waals surface area contributed by atoms with Crippen LogP contribution < -0.4 is 5.73 Å². The number of sulfone groups is 1. The number of carboxylic acids is 1. The number of carboxylic acid groups (broad SMARTS) is 1. The van der Waals surface area contributed by atoms with Gasteiger partial charge in [0.2, 0.25) is 0 Å². The Kier molecular flexibility index (Phi) is 3.62. The minimum absolute atomic E-state index is 0.340. The molecule has 0 fully saturated rings. The number of hydrogen-bond donors (Lipinski definition) is 2. The van der Waals surface area contributed by atoms with Crippen molar-refractivity contribution in [3.8, 4) is 0 Å². The number of nitrogens with two attached hydrogens (primary N) is 1. The quantitative estimate of drug-likeness (QED) is 0.770. The highest BCUT2D eigenvalue weighted by atomic mass is 32.2. The highest BCUT2D eigenvalue weighted by Gasteiger charge is 2.22. The van der Waals surface area contributed by atoms with Gasteiger partial charge >= 0.3 is 5.97 Å². The summed E-state index contributed by atoms with van der Waals surface area (Å²) in [6.07, 6.45) is 3.53. The van der Waals surface area contributed by atoms with E-state index in [9.17, 15) is 13.2 Å². The first-order valence-electron chi connectivity index (χ1n) is 4.27. The summed E-state index contributed by atoms with van der Waals surface area (Å²) < 4.78 is 23.4. The van der Waals surface area contributed by atoms with E-state index < -0.39 is 20.8 Å². The van der Waals surface area contributed by atoms with Gasteiger partial charge in [-0.05, 0) is 18.3 Å². The summed E-state index contributed by atoms with van der Waals surface area (Å²) in [7, 11) is -3.76. The Labute approximate surface area is 92.3 Å². The van der Waals surface area contributed by atoms with Crippen LogP contribution in [0, 0.1) is 0 Å². The van der Waals surface area contributed by atoms with Crippen molar-refractivity contribution in [2.24, 2.45) is 5.73 Å². The van der Waals surface area contributed by atoms with Crippen molar-refractivity contribution in [1.29, 1.82) is 0 Å². The van der Waals surface area contributed by atoms with E-state index in [2.05, 4.69) is 4.98 Å². The summed E-state index contributed by atoms with van der Waals surface area (Å²) in [6, 6.07) is 2.55. The predicted molar refractivity (Wildman–Crippen MR) is 56.6 cm³/mol. The van der Waals surface area contributed by atoms with E-state index in [1.165, 1.54) is 24.4 Å². The molecule has 0 atom stereocenters. The third-order valence-electron chi connectivity index (χ3n) is 1.75. The largest absolute Gasteiger partial charge is 0.478 e. The summed E-state index contributed by atoms with van der Waals surface area (Å²) in [6.45, 7) is 0. The van der Waals surface area contributed by atoms with Crippen LogP contribution in [0.5, 0.6) is 0 Å². The monoisotopic (exact) mass is 242 g/mol. The molecule has 0 unspecified atom stereocenters. The van der Waals surface area contributed by atoms with E-state index in [4.69, 9.17) is 10.8 Å². The molecule has 1 aromatic rings. The number of hydrogen-bond acceptors (Lipinski definition) is 5. The second-order valence-corrected chi connectivity index (χ2v) is 4.82. The van der Waals surface area contributed by atoms with Crippen molar-refractivity contribution < 1.29 is 18.3 Å². The van der Waals surface area contributed by atoms with Crippen molar-refractivity contribution in [1.82, 2.24) is 4.98 Å². The number of nitrogens with zero attached hydrogens (tertiary/aromatic N) is 1. The lowest BCUT2D eigenvalue weighted by Crippen LogP contribution is -2.13. The van der Waals surface area contributed by atoms with E-state index in [1.54, 1.807) is 0 Å². The first-order chi connectivity index (χ1) is 7.49. The Morgan fingerprint density at radius 1 is 1.56 bits per heavy atom. The molecule has 16 heavy (non-hydrogen) atoms. The molecule has 0 saturated carbocycles. The third-order valence-corrected chi connectivity index (χ3v) is 3.29. The van der Waals surface area contributed by atoms with Crippen LogP contribution in [0.1, 0.15) is 10.4 Å². The molecular formula is C9H10N2O4S. The lowest BCUT2D eigenvalue weighted by molar-refractivity contribution is 0.0691. The molecule has 0 spiro atoms. The van der Waals surface area contributed by atoms with E-state index in [0.717, 1.165) is 6.20 Å². The van der Waals surface area contributed by atoms with Crippen molar-refractivity contribution in [3.63, 3.8) is 0 Å². The number of aromatic nitrogens is 1. The van der Waals surface area contributed by atoms with Crippen molar-refractivity contribution in [2.45, 2.75) is 5.03 Å². The van der Waals surface area contributed by atoms with Crippen LogP contribution in [0.4, 0.5) is 0 Å². The summed E-state index contributed by atoms with van der Waals surface area (Å²) >= 11 is 0. The number of rotatable bonds is 4. The van der Waals surface area contributed by atoms with E-state index in [1.807, 2.05) is 0 Å². The second kappa shape index (κ2) is 4.75. The maximum absolute atomic E-state index is 11.7. The molecule has 1 rings (SSSR count). The fourth-order valence-electron chi connectivity index (χ4n) is 1.06. The average Bonchev–Trinajstić information content (AvgIpc) is 2.26. The van der Waals surface area contributed by atoms with E-state index in [0.29, 0.717) is 0 Å². The molecule has 0 radical (unpaired) electrons. The van der Waals surface area contributed by atoms with Gasteiger partial charge in [-0.2, -0.15) is 0 Å². The normalized spacial score (nSPS) is 11.8. The van der Waals surface area contributed by atoms with Gasteiger partial charge in [-0.1, -0.05) is 6.08 Å². The van der Waals surface area contributed by atoms with Crippen LogP contribution in [-0.4, -0.2) is 30.2 Å². The number of pyridine rings is 1. The zero-order valence-corrected chi connectivity index (χ0v) is 9.02. The summed E-state index contributed by atoms with van der Waals surface area (Å²) in [5.41, 5.74) is 4.69. The van der Waals surface area contributed by atoms with Crippen molar-refractivity contribution in [2.75, 3.05) is 5.75 Å². The fraction of sp³-hybridized carbons (Fsp3) is 0.111. The van der Waals surface area contributed by atoms with Gasteiger partial charge in [-0.25, -0.2) is 18.2 Å². The second-order valence-electron chi connectivity index (χ2n) is 2.87. The van der Waals surface area contributed by atoms with Gasteiger partial charge in [0.25, 0.3) is 0 Å². The summed E-state index contributed by atoms with van der Waals surface area (Å²) in [4.78, 5) is 14.4. The molecule has 0 aliphatic carbocycles. The van der Waals surface area contributed by atoms with Gasteiger partial charge in [0, 0.05) is 6.20 Å². The molecule has 0 aliphatic heterocycles. The standard InChI is InChI=1S/C9H10N2O4S/c10-4-2-6-16(14,15)8-7(9(12)13)3-1-5-11-8/h1-5H,6,10H2,(H,12,13). The molecule has 0 aromatic carbocycles. The van der Waals surface area contributed by atoms with Gasteiger partial charge in [0.05, 0.1) is 11.3 Å². The summed E-state index contributed by atoms with van der Waals surface area (Å²) in [5.74, 6) is -1.70. The van der Waals surface area contributed by atoms with Crippen molar-refractivity contribution in [3.05, 3.63) is 36.2 Å². The van der Waals surface area contributed by atoms with Gasteiger partial charge in [-0.15, -0.1) is 0 Å². The molecular weight excluding hydrogens is 232 g/mol. The van der Waals surface area contributed by atoms with Crippen LogP contribution in [0.3, 0.4) is 0 Å². The Bertz CT molecular complexity index is 522. The molecule has 3 N–H and O–H groups in total. The first-order valence-corrected chi connectivity index (χ1v) is 5.92. The van der Waals surface area contributed by atoms with Gasteiger partial charge in [0.15, 0.2) is 14.9 Å². The van der Waals surface area contributed by atoms with Gasteiger partial charge in [-0.3, -0.25) is 0 Å². The zero-order chi connectivity index (χ0) is 12.2. The maximum atomic E-state index is 11.7. The molecule has 1 heterocycles. The Hall–Kier alpha value is -1.89.